The van der Waals surface area contributed by atoms with Gasteiger partial charge in [0.05, 0.1) is 19.0 Å². The largest absolute Gasteiger partial charge is 0.461 e. The van der Waals surface area contributed by atoms with Crippen LogP contribution in [0.1, 0.15) is 25.2 Å². The summed E-state index contributed by atoms with van der Waals surface area (Å²) in [6.45, 7) is 4.97. The molecule has 3 aromatic heterocycles. The Kier molecular flexibility index (Phi) is 7.57. The number of aliphatic hydroxyl groups is 1. The number of rotatable bonds is 7. The molecular formula is C17H25IN8O2. The van der Waals surface area contributed by atoms with Crippen LogP contribution in [0.4, 0.5) is 0 Å². The van der Waals surface area contributed by atoms with E-state index in [1.807, 2.05) is 14.0 Å². The Hall–Kier alpha value is -2.41. The Morgan fingerprint density at radius 1 is 1.43 bits per heavy atom. The molecule has 0 aliphatic carbocycles. The van der Waals surface area contributed by atoms with Crippen molar-refractivity contribution in [2.24, 2.45) is 12.0 Å². The van der Waals surface area contributed by atoms with E-state index in [-0.39, 0.29) is 30.5 Å². The Morgan fingerprint density at radius 3 is 2.89 bits per heavy atom. The summed E-state index contributed by atoms with van der Waals surface area (Å²) in [7, 11) is 1.81. The highest BCUT2D eigenvalue weighted by Crippen LogP contribution is 2.18. The van der Waals surface area contributed by atoms with Gasteiger partial charge in [0.25, 0.3) is 0 Å². The molecule has 4 N–H and O–H groups in total. The van der Waals surface area contributed by atoms with Crippen molar-refractivity contribution in [3.05, 3.63) is 42.2 Å². The van der Waals surface area contributed by atoms with Crippen LogP contribution in [-0.2, 0) is 19.2 Å². The summed E-state index contributed by atoms with van der Waals surface area (Å²) in [5.74, 6) is 2.26. The van der Waals surface area contributed by atoms with E-state index < -0.39 is 5.60 Å². The SMILES string of the molecule is CCNC(=NCc1nc(-c2ccco2)n[nH]1)NCC(C)(O)c1cnn(C)c1.I. The van der Waals surface area contributed by atoms with Crippen LogP contribution in [-0.4, -0.2) is 49.1 Å². The van der Waals surface area contributed by atoms with Crippen LogP contribution in [0.15, 0.2) is 40.2 Å². The van der Waals surface area contributed by atoms with E-state index in [4.69, 9.17) is 4.42 Å². The molecule has 10 nitrogen and oxygen atoms in total. The summed E-state index contributed by atoms with van der Waals surface area (Å²) >= 11 is 0. The average molecular weight is 500 g/mol. The molecule has 0 aromatic carbocycles. The number of halogens is 1. The van der Waals surface area contributed by atoms with Gasteiger partial charge < -0.3 is 20.2 Å². The van der Waals surface area contributed by atoms with Gasteiger partial charge in [-0.05, 0) is 26.0 Å². The Bertz CT molecular complexity index is 885. The number of aromatic amines is 1. The summed E-state index contributed by atoms with van der Waals surface area (Å²) in [6.07, 6.45) is 5.01. The van der Waals surface area contributed by atoms with Gasteiger partial charge in [0.1, 0.15) is 18.0 Å². The fourth-order valence-electron chi connectivity index (χ4n) is 2.43. The fourth-order valence-corrected chi connectivity index (χ4v) is 2.43. The van der Waals surface area contributed by atoms with Gasteiger partial charge in [-0.25, -0.2) is 9.98 Å². The third-order valence-electron chi connectivity index (χ3n) is 3.93. The number of hydrogen-bond donors (Lipinski definition) is 4. The Balaban J connectivity index is 0.00000280. The Labute approximate surface area is 179 Å². The number of aromatic nitrogens is 5. The lowest BCUT2D eigenvalue weighted by Crippen LogP contribution is -2.44. The number of guanidine groups is 1. The number of H-pyrrole nitrogens is 1. The van der Waals surface area contributed by atoms with Crippen molar-refractivity contribution in [2.45, 2.75) is 26.0 Å². The monoisotopic (exact) mass is 500 g/mol. The van der Waals surface area contributed by atoms with Gasteiger partial charge in [0.15, 0.2) is 11.7 Å². The van der Waals surface area contributed by atoms with Gasteiger partial charge in [0, 0.05) is 25.4 Å². The lowest BCUT2D eigenvalue weighted by atomic mass is 10.00. The normalized spacial score (nSPS) is 13.6. The molecule has 28 heavy (non-hydrogen) atoms. The lowest BCUT2D eigenvalue weighted by Gasteiger charge is -2.23. The second-order valence-electron chi connectivity index (χ2n) is 6.31. The molecule has 0 fully saturated rings. The van der Waals surface area contributed by atoms with Crippen molar-refractivity contribution >= 4 is 29.9 Å². The Morgan fingerprint density at radius 2 is 2.25 bits per heavy atom. The van der Waals surface area contributed by atoms with Crippen molar-refractivity contribution in [3.8, 4) is 11.6 Å². The predicted molar refractivity (Wildman–Crippen MR) is 115 cm³/mol. The quantitative estimate of drug-likeness (QED) is 0.219. The molecule has 0 saturated carbocycles. The van der Waals surface area contributed by atoms with Gasteiger partial charge in [-0.3, -0.25) is 9.78 Å². The van der Waals surface area contributed by atoms with Gasteiger partial charge in [0.2, 0.25) is 5.82 Å². The highest BCUT2D eigenvalue weighted by Gasteiger charge is 2.25. The highest BCUT2D eigenvalue weighted by atomic mass is 127. The highest BCUT2D eigenvalue weighted by molar-refractivity contribution is 14.0. The number of furan rings is 1. The fraction of sp³-hybridized carbons (Fsp3) is 0.412. The molecule has 0 saturated heterocycles. The first-order chi connectivity index (χ1) is 13.0. The van der Waals surface area contributed by atoms with Crippen molar-refractivity contribution < 1.29 is 9.52 Å². The van der Waals surface area contributed by atoms with Gasteiger partial charge >= 0.3 is 0 Å². The third-order valence-corrected chi connectivity index (χ3v) is 3.93. The minimum absolute atomic E-state index is 0. The zero-order chi connectivity index (χ0) is 19.3. The number of aryl methyl sites for hydroxylation is 1. The molecule has 3 aromatic rings. The van der Waals surface area contributed by atoms with Crippen LogP contribution in [0.5, 0.6) is 0 Å². The maximum Gasteiger partial charge on any atom is 0.216 e. The molecule has 0 aliphatic rings. The van der Waals surface area contributed by atoms with E-state index >= 15 is 0 Å². The summed E-state index contributed by atoms with van der Waals surface area (Å²) in [5, 5.41) is 28.0. The molecule has 3 heterocycles. The predicted octanol–water partition coefficient (Wildman–Crippen LogP) is 1.38. The number of hydrogen-bond acceptors (Lipinski definition) is 6. The van der Waals surface area contributed by atoms with Crippen molar-refractivity contribution in [1.82, 2.24) is 35.6 Å². The molecule has 0 spiro atoms. The minimum Gasteiger partial charge on any atom is -0.461 e. The smallest absolute Gasteiger partial charge is 0.216 e. The van der Waals surface area contributed by atoms with Crippen LogP contribution in [0.3, 0.4) is 0 Å². The van der Waals surface area contributed by atoms with Crippen LogP contribution in [0.2, 0.25) is 0 Å². The second kappa shape index (κ2) is 9.68. The molecule has 0 aliphatic heterocycles. The molecule has 1 unspecified atom stereocenters. The van der Waals surface area contributed by atoms with E-state index in [0.29, 0.717) is 36.5 Å². The van der Waals surface area contributed by atoms with Gasteiger partial charge in [-0.2, -0.15) is 5.10 Å². The average Bonchev–Trinajstić information content (AvgIpc) is 3.37. The minimum atomic E-state index is -1.08. The van der Waals surface area contributed by atoms with Crippen LogP contribution >= 0.6 is 24.0 Å². The summed E-state index contributed by atoms with van der Waals surface area (Å²) in [6, 6.07) is 3.58. The van der Waals surface area contributed by atoms with E-state index in [9.17, 15) is 5.11 Å². The zero-order valence-electron chi connectivity index (χ0n) is 16.0. The van der Waals surface area contributed by atoms with E-state index in [1.54, 1.807) is 42.4 Å². The van der Waals surface area contributed by atoms with Gasteiger partial charge in [-0.15, -0.1) is 29.1 Å². The molecular weight excluding hydrogens is 475 g/mol. The number of nitrogens with zero attached hydrogens (tertiary/aromatic N) is 5. The van der Waals surface area contributed by atoms with Gasteiger partial charge in [-0.1, -0.05) is 0 Å². The molecule has 0 bridgehead atoms. The molecule has 0 radical (unpaired) electrons. The van der Waals surface area contributed by atoms with E-state index in [0.717, 1.165) is 5.56 Å². The lowest BCUT2D eigenvalue weighted by molar-refractivity contribution is 0.0616. The van der Waals surface area contributed by atoms with E-state index in [2.05, 4.69) is 35.9 Å². The molecule has 1 atom stereocenters. The van der Waals surface area contributed by atoms with Crippen LogP contribution in [0, 0.1) is 0 Å². The third kappa shape index (κ3) is 5.55. The molecule has 3 rings (SSSR count). The van der Waals surface area contributed by atoms with Crippen LogP contribution < -0.4 is 10.6 Å². The molecule has 11 heteroatoms. The zero-order valence-corrected chi connectivity index (χ0v) is 18.3. The number of nitrogens with one attached hydrogen (secondary N) is 3. The van der Waals surface area contributed by atoms with Crippen molar-refractivity contribution in [3.63, 3.8) is 0 Å². The van der Waals surface area contributed by atoms with Crippen molar-refractivity contribution in [2.75, 3.05) is 13.1 Å². The summed E-state index contributed by atoms with van der Waals surface area (Å²) in [5.41, 5.74) is -0.352. The maximum absolute atomic E-state index is 10.7. The summed E-state index contributed by atoms with van der Waals surface area (Å²) in [4.78, 5) is 8.84. The maximum atomic E-state index is 10.7. The standard InChI is InChI=1S/C17H24N8O2.HI/c1-4-18-16(20-11-17(2,26)12-8-21-25(3)10-12)19-9-14-22-15(24-23-14)13-6-5-7-27-13;/h5-8,10,26H,4,9,11H2,1-3H3,(H2,18,19,20)(H,22,23,24);1H. The second-order valence-corrected chi connectivity index (χ2v) is 6.31. The number of aliphatic imine (C=N–C) groups is 1. The van der Waals surface area contributed by atoms with E-state index in [1.165, 1.54) is 0 Å². The first-order valence-corrected chi connectivity index (χ1v) is 8.67. The molecule has 0 amide bonds. The summed E-state index contributed by atoms with van der Waals surface area (Å²) < 4.78 is 6.93. The first kappa shape index (κ1) is 21.9. The topological polar surface area (TPSA) is 129 Å². The first-order valence-electron chi connectivity index (χ1n) is 8.67. The van der Waals surface area contributed by atoms with Crippen LogP contribution in [0.25, 0.3) is 11.6 Å². The molecule has 152 valence electrons. The van der Waals surface area contributed by atoms with Crippen molar-refractivity contribution in [1.29, 1.82) is 0 Å².